The highest BCUT2D eigenvalue weighted by Crippen LogP contribution is 2.34. The van der Waals surface area contributed by atoms with E-state index in [9.17, 15) is 14.7 Å². The van der Waals surface area contributed by atoms with Gasteiger partial charge in [-0.15, -0.1) is 0 Å². The summed E-state index contributed by atoms with van der Waals surface area (Å²) in [5, 5.41) is 10.2. The van der Waals surface area contributed by atoms with Gasteiger partial charge in [-0.05, 0) is 35.8 Å². The summed E-state index contributed by atoms with van der Waals surface area (Å²) in [5.74, 6) is -0.755. The van der Waals surface area contributed by atoms with Crippen LogP contribution in [0.2, 0.25) is 10.0 Å². The summed E-state index contributed by atoms with van der Waals surface area (Å²) in [7, 11) is 0. The molecule has 2 aromatic rings. The first-order valence-corrected chi connectivity index (χ1v) is 8.68. The molecule has 0 fully saturated rings. The van der Waals surface area contributed by atoms with Crippen LogP contribution in [0.5, 0.6) is 5.75 Å². The Morgan fingerprint density at radius 1 is 1.23 bits per heavy atom. The zero-order chi connectivity index (χ0) is 18.8. The van der Waals surface area contributed by atoms with E-state index in [0.717, 1.165) is 11.1 Å². The van der Waals surface area contributed by atoms with Crippen LogP contribution in [0.3, 0.4) is 0 Å². The topological polar surface area (TPSA) is 83.6 Å². The van der Waals surface area contributed by atoms with Gasteiger partial charge in [0.15, 0.2) is 0 Å². The maximum atomic E-state index is 12.5. The molecule has 26 heavy (non-hydrogen) atoms. The van der Waals surface area contributed by atoms with Gasteiger partial charge >= 0.3 is 0 Å². The van der Waals surface area contributed by atoms with Crippen LogP contribution in [0.25, 0.3) is 6.08 Å². The summed E-state index contributed by atoms with van der Waals surface area (Å²) in [6.07, 6.45) is 3.49. The average molecular weight is 391 g/mol. The van der Waals surface area contributed by atoms with Crippen molar-refractivity contribution in [2.75, 3.05) is 6.54 Å². The van der Waals surface area contributed by atoms with Gasteiger partial charge in [-0.25, -0.2) is 0 Å². The molecular weight excluding hydrogens is 375 g/mol. The van der Waals surface area contributed by atoms with Gasteiger partial charge < -0.3 is 15.7 Å². The lowest BCUT2D eigenvalue weighted by Crippen LogP contribution is -2.35. The molecule has 0 unspecified atom stereocenters. The SMILES string of the molecule is NC(=O)c1c(Cl)cc2c(c1Cl)CCN(C(=O)/C=C/c1ccccc1O)C2. The van der Waals surface area contributed by atoms with Gasteiger partial charge in [0.2, 0.25) is 5.91 Å². The third-order valence-corrected chi connectivity index (χ3v) is 5.02. The van der Waals surface area contributed by atoms with E-state index in [1.807, 2.05) is 0 Å². The van der Waals surface area contributed by atoms with Gasteiger partial charge in [-0.3, -0.25) is 9.59 Å². The van der Waals surface area contributed by atoms with E-state index in [1.54, 1.807) is 41.3 Å². The first-order valence-electron chi connectivity index (χ1n) is 7.93. The van der Waals surface area contributed by atoms with E-state index in [1.165, 1.54) is 6.08 Å². The quantitative estimate of drug-likeness (QED) is 0.787. The van der Waals surface area contributed by atoms with Crippen molar-refractivity contribution in [3.63, 3.8) is 0 Å². The number of primary amides is 1. The van der Waals surface area contributed by atoms with Gasteiger partial charge in [-0.1, -0.05) is 41.4 Å². The van der Waals surface area contributed by atoms with E-state index in [-0.39, 0.29) is 27.3 Å². The number of carbonyl (C=O) groups excluding carboxylic acids is 2. The molecule has 0 radical (unpaired) electrons. The fourth-order valence-electron chi connectivity index (χ4n) is 2.96. The highest BCUT2D eigenvalue weighted by atomic mass is 35.5. The molecule has 2 amide bonds. The van der Waals surface area contributed by atoms with Gasteiger partial charge in [0, 0.05) is 24.7 Å². The second-order valence-electron chi connectivity index (χ2n) is 5.95. The average Bonchev–Trinajstić information content (AvgIpc) is 2.60. The second-order valence-corrected chi connectivity index (χ2v) is 6.74. The zero-order valence-electron chi connectivity index (χ0n) is 13.7. The van der Waals surface area contributed by atoms with E-state index < -0.39 is 5.91 Å². The molecule has 1 aliphatic rings. The molecule has 7 heteroatoms. The number of carbonyl (C=O) groups is 2. The number of halogens is 2. The lowest BCUT2D eigenvalue weighted by atomic mass is 9.96. The zero-order valence-corrected chi connectivity index (χ0v) is 15.2. The number of phenolic OH excluding ortho intramolecular Hbond substituents is 1. The van der Waals surface area contributed by atoms with Crippen LogP contribution in [0.15, 0.2) is 36.4 Å². The number of amides is 2. The number of nitrogens with zero attached hydrogens (tertiary/aromatic N) is 1. The minimum absolute atomic E-state index is 0.109. The van der Waals surface area contributed by atoms with Crippen molar-refractivity contribution in [1.29, 1.82) is 0 Å². The Kier molecular flexibility index (Phi) is 5.20. The number of nitrogens with two attached hydrogens (primary N) is 1. The van der Waals surface area contributed by atoms with Crippen molar-refractivity contribution in [3.8, 4) is 5.75 Å². The molecule has 0 aromatic heterocycles. The first kappa shape index (κ1) is 18.3. The third kappa shape index (κ3) is 3.54. The summed E-state index contributed by atoms with van der Waals surface area (Å²) >= 11 is 12.4. The van der Waals surface area contributed by atoms with Crippen molar-refractivity contribution in [2.45, 2.75) is 13.0 Å². The molecular formula is C19H16Cl2N2O3. The van der Waals surface area contributed by atoms with Gasteiger partial charge in [0.1, 0.15) is 5.75 Å². The Bertz CT molecular complexity index is 925. The van der Waals surface area contributed by atoms with Crippen LogP contribution >= 0.6 is 23.2 Å². The van der Waals surface area contributed by atoms with Crippen molar-refractivity contribution < 1.29 is 14.7 Å². The number of para-hydroxylation sites is 1. The molecule has 3 N–H and O–H groups in total. The molecule has 0 bridgehead atoms. The number of rotatable bonds is 3. The molecule has 0 aliphatic carbocycles. The van der Waals surface area contributed by atoms with Crippen LogP contribution in [0, 0.1) is 0 Å². The molecule has 0 atom stereocenters. The van der Waals surface area contributed by atoms with Crippen molar-refractivity contribution in [1.82, 2.24) is 4.90 Å². The monoisotopic (exact) mass is 390 g/mol. The smallest absolute Gasteiger partial charge is 0.251 e. The van der Waals surface area contributed by atoms with Crippen LogP contribution in [0.4, 0.5) is 0 Å². The molecule has 5 nitrogen and oxygen atoms in total. The third-order valence-electron chi connectivity index (χ3n) is 4.31. The Balaban J connectivity index is 1.81. The summed E-state index contributed by atoms with van der Waals surface area (Å²) in [4.78, 5) is 25.6. The molecule has 0 saturated carbocycles. The largest absolute Gasteiger partial charge is 0.507 e. The Hall–Kier alpha value is -2.50. The molecule has 0 saturated heterocycles. The summed E-state index contributed by atoms with van der Waals surface area (Å²) in [6, 6.07) is 8.40. The van der Waals surface area contributed by atoms with Crippen molar-refractivity contribution in [3.05, 3.63) is 68.7 Å². The normalized spacial score (nSPS) is 13.7. The molecule has 134 valence electrons. The summed E-state index contributed by atoms with van der Waals surface area (Å²) in [5.41, 5.74) is 7.59. The molecule has 2 aromatic carbocycles. The maximum absolute atomic E-state index is 12.5. The van der Waals surface area contributed by atoms with Gasteiger partial charge in [0.05, 0.1) is 15.6 Å². The van der Waals surface area contributed by atoms with Crippen molar-refractivity contribution >= 4 is 41.1 Å². The van der Waals surface area contributed by atoms with Crippen LogP contribution in [-0.2, 0) is 17.8 Å². The van der Waals surface area contributed by atoms with Crippen LogP contribution in [-0.4, -0.2) is 28.4 Å². The van der Waals surface area contributed by atoms with E-state index in [4.69, 9.17) is 28.9 Å². The van der Waals surface area contributed by atoms with Crippen molar-refractivity contribution in [2.24, 2.45) is 5.73 Å². The van der Waals surface area contributed by atoms with Crippen LogP contribution < -0.4 is 5.73 Å². The minimum atomic E-state index is -0.674. The lowest BCUT2D eigenvalue weighted by Gasteiger charge is -2.29. The van der Waals surface area contributed by atoms with Gasteiger partial charge in [0.25, 0.3) is 5.91 Å². The molecule has 1 heterocycles. The highest BCUT2D eigenvalue weighted by molar-refractivity contribution is 6.40. The molecule has 0 spiro atoms. The predicted octanol–water partition coefficient (Wildman–Crippen LogP) is 3.40. The Labute approximate surface area is 160 Å². The number of benzene rings is 2. The maximum Gasteiger partial charge on any atom is 0.251 e. The van der Waals surface area contributed by atoms with E-state index in [0.29, 0.717) is 25.1 Å². The minimum Gasteiger partial charge on any atom is -0.507 e. The van der Waals surface area contributed by atoms with E-state index >= 15 is 0 Å². The second kappa shape index (κ2) is 7.40. The van der Waals surface area contributed by atoms with Crippen LogP contribution in [0.1, 0.15) is 27.0 Å². The Morgan fingerprint density at radius 2 is 1.96 bits per heavy atom. The number of phenols is 1. The predicted molar refractivity (Wildman–Crippen MR) is 101 cm³/mol. The highest BCUT2D eigenvalue weighted by Gasteiger charge is 2.25. The molecule has 1 aliphatic heterocycles. The van der Waals surface area contributed by atoms with Gasteiger partial charge in [-0.2, -0.15) is 0 Å². The standard InChI is InChI=1S/C19H16Cl2N2O3/c20-14-9-12-10-23(8-7-13(12)18(21)17(14)19(22)26)16(25)6-5-11-3-1-2-4-15(11)24/h1-6,9,24H,7-8,10H2,(H2,22,26)/b6-5+. The number of aromatic hydroxyl groups is 1. The Morgan fingerprint density at radius 3 is 2.65 bits per heavy atom. The fourth-order valence-corrected chi connectivity index (χ4v) is 3.74. The first-order chi connectivity index (χ1) is 12.4. The van der Waals surface area contributed by atoms with E-state index in [2.05, 4.69) is 0 Å². The fraction of sp³-hybridized carbons (Fsp3) is 0.158. The number of hydrogen-bond acceptors (Lipinski definition) is 3. The summed E-state index contributed by atoms with van der Waals surface area (Å²) < 4.78 is 0. The lowest BCUT2D eigenvalue weighted by molar-refractivity contribution is -0.126. The summed E-state index contributed by atoms with van der Waals surface area (Å²) in [6.45, 7) is 0.786. The molecule has 3 rings (SSSR count). The number of fused-ring (bicyclic) bond motifs is 1. The number of hydrogen-bond donors (Lipinski definition) is 2.